The Kier molecular flexibility index (Phi) is 5.63. The molecular formula is C14H22N2O3. The zero-order chi connectivity index (χ0) is 14.4. The predicted octanol–water partition coefficient (Wildman–Crippen LogP) is 1.32. The third kappa shape index (κ3) is 3.86. The van der Waals surface area contributed by atoms with Gasteiger partial charge in [0.25, 0.3) is 0 Å². The molecule has 19 heavy (non-hydrogen) atoms. The molecule has 0 aliphatic rings. The lowest BCUT2D eigenvalue weighted by Gasteiger charge is -2.19. The topological polar surface area (TPSA) is 64.8 Å². The Hall–Kier alpha value is -1.75. The van der Waals surface area contributed by atoms with Gasteiger partial charge in [0.1, 0.15) is 0 Å². The number of methoxy groups -OCH3 is 2. The minimum absolute atomic E-state index is 0.0386. The van der Waals surface area contributed by atoms with Crippen molar-refractivity contribution in [3.63, 3.8) is 0 Å². The van der Waals surface area contributed by atoms with E-state index >= 15 is 0 Å². The molecule has 1 aromatic rings. The molecule has 0 spiro atoms. The van der Waals surface area contributed by atoms with Crippen LogP contribution in [0.2, 0.25) is 0 Å². The Morgan fingerprint density at radius 3 is 2.37 bits per heavy atom. The summed E-state index contributed by atoms with van der Waals surface area (Å²) in [4.78, 5) is 13.4. The van der Waals surface area contributed by atoms with E-state index in [1.165, 1.54) is 0 Å². The minimum Gasteiger partial charge on any atom is -0.493 e. The number of carbonyl (C=O) groups excluding carboxylic acids is 1. The summed E-state index contributed by atoms with van der Waals surface area (Å²) in [7, 11) is 4.97. The molecule has 0 fully saturated rings. The molecule has 1 amide bonds. The maximum Gasteiger partial charge on any atom is 0.223 e. The van der Waals surface area contributed by atoms with Crippen molar-refractivity contribution >= 4 is 5.91 Å². The van der Waals surface area contributed by atoms with E-state index in [2.05, 4.69) is 0 Å². The van der Waals surface area contributed by atoms with Crippen molar-refractivity contribution < 1.29 is 14.3 Å². The van der Waals surface area contributed by atoms with Crippen molar-refractivity contribution in [3.05, 3.63) is 23.3 Å². The molecule has 0 unspecified atom stereocenters. The van der Waals surface area contributed by atoms with Crippen molar-refractivity contribution in [2.24, 2.45) is 5.73 Å². The van der Waals surface area contributed by atoms with Crippen LogP contribution in [0, 0.1) is 6.92 Å². The fourth-order valence-electron chi connectivity index (χ4n) is 1.85. The first-order valence-corrected chi connectivity index (χ1v) is 6.19. The number of nitrogens with zero attached hydrogens (tertiary/aromatic N) is 1. The number of aryl methyl sites for hydroxylation is 1. The van der Waals surface area contributed by atoms with Crippen LogP contribution in [-0.4, -0.2) is 38.6 Å². The minimum atomic E-state index is 0.0386. The van der Waals surface area contributed by atoms with Gasteiger partial charge in [0, 0.05) is 26.6 Å². The van der Waals surface area contributed by atoms with Gasteiger partial charge >= 0.3 is 0 Å². The molecule has 0 aliphatic carbocycles. The summed E-state index contributed by atoms with van der Waals surface area (Å²) in [6, 6.07) is 3.82. The molecule has 0 heterocycles. The Morgan fingerprint density at radius 1 is 1.26 bits per heavy atom. The van der Waals surface area contributed by atoms with Gasteiger partial charge in [0.2, 0.25) is 5.91 Å². The largest absolute Gasteiger partial charge is 0.493 e. The van der Waals surface area contributed by atoms with Gasteiger partial charge in [0.05, 0.1) is 14.2 Å². The highest BCUT2D eigenvalue weighted by atomic mass is 16.5. The van der Waals surface area contributed by atoms with Crippen LogP contribution in [-0.2, 0) is 11.3 Å². The van der Waals surface area contributed by atoms with E-state index in [0.29, 0.717) is 31.0 Å². The smallest absolute Gasteiger partial charge is 0.223 e. The Morgan fingerprint density at radius 2 is 1.84 bits per heavy atom. The highest BCUT2D eigenvalue weighted by molar-refractivity contribution is 5.76. The maximum absolute atomic E-state index is 11.7. The first-order chi connectivity index (χ1) is 9.03. The highest BCUT2D eigenvalue weighted by Crippen LogP contribution is 2.30. The normalized spacial score (nSPS) is 10.2. The molecule has 0 saturated heterocycles. The molecular weight excluding hydrogens is 244 g/mol. The van der Waals surface area contributed by atoms with E-state index in [0.717, 1.165) is 11.1 Å². The number of hydrogen-bond donors (Lipinski definition) is 1. The average Bonchev–Trinajstić information content (AvgIpc) is 2.40. The number of nitrogens with two attached hydrogens (primary N) is 1. The molecule has 0 atom stereocenters. The molecule has 0 aliphatic heterocycles. The summed E-state index contributed by atoms with van der Waals surface area (Å²) in [5.74, 6) is 1.40. The summed E-state index contributed by atoms with van der Waals surface area (Å²) < 4.78 is 10.5. The number of rotatable bonds is 6. The second-order valence-electron chi connectivity index (χ2n) is 4.42. The molecule has 106 valence electrons. The molecule has 5 nitrogen and oxygen atoms in total. The summed E-state index contributed by atoms with van der Waals surface area (Å²) in [6.07, 6.45) is 0.364. The fourth-order valence-corrected chi connectivity index (χ4v) is 1.85. The quantitative estimate of drug-likeness (QED) is 0.843. The van der Waals surface area contributed by atoms with Crippen LogP contribution in [0.1, 0.15) is 17.5 Å². The Balaban J connectivity index is 2.92. The fraction of sp³-hybridized carbons (Fsp3) is 0.500. The van der Waals surface area contributed by atoms with Gasteiger partial charge in [-0.25, -0.2) is 0 Å². The maximum atomic E-state index is 11.7. The number of amides is 1. The third-order valence-corrected chi connectivity index (χ3v) is 3.03. The van der Waals surface area contributed by atoms with E-state index in [1.807, 2.05) is 19.1 Å². The molecule has 1 rings (SSSR count). The number of carbonyl (C=O) groups is 1. The zero-order valence-electron chi connectivity index (χ0n) is 12.0. The Bertz CT molecular complexity index is 447. The molecule has 0 saturated carbocycles. The lowest BCUT2D eigenvalue weighted by atomic mass is 10.1. The number of hydrogen-bond acceptors (Lipinski definition) is 4. The van der Waals surface area contributed by atoms with Crippen LogP contribution >= 0.6 is 0 Å². The molecule has 2 N–H and O–H groups in total. The summed E-state index contributed by atoms with van der Waals surface area (Å²) in [5, 5.41) is 0. The monoisotopic (exact) mass is 266 g/mol. The van der Waals surface area contributed by atoms with Crippen LogP contribution in [0.4, 0.5) is 0 Å². The Labute approximate surface area is 114 Å². The highest BCUT2D eigenvalue weighted by Gasteiger charge is 2.13. The van der Waals surface area contributed by atoms with Crippen LogP contribution < -0.4 is 15.2 Å². The van der Waals surface area contributed by atoms with E-state index in [4.69, 9.17) is 15.2 Å². The average molecular weight is 266 g/mol. The van der Waals surface area contributed by atoms with Gasteiger partial charge in [-0.05, 0) is 30.2 Å². The second-order valence-corrected chi connectivity index (χ2v) is 4.42. The van der Waals surface area contributed by atoms with Gasteiger partial charge in [0.15, 0.2) is 11.5 Å². The van der Waals surface area contributed by atoms with Gasteiger partial charge in [-0.1, -0.05) is 0 Å². The van der Waals surface area contributed by atoms with Crippen molar-refractivity contribution in [3.8, 4) is 11.5 Å². The molecule has 0 bridgehead atoms. The predicted molar refractivity (Wildman–Crippen MR) is 74.4 cm³/mol. The van der Waals surface area contributed by atoms with Crippen molar-refractivity contribution in [1.29, 1.82) is 0 Å². The SMILES string of the molecule is COc1cc(C)c(CN(C)C(=O)CCN)cc1OC. The van der Waals surface area contributed by atoms with Crippen molar-refractivity contribution in [2.45, 2.75) is 19.9 Å². The first-order valence-electron chi connectivity index (χ1n) is 6.19. The van der Waals surface area contributed by atoms with Crippen molar-refractivity contribution in [1.82, 2.24) is 4.90 Å². The standard InChI is InChI=1S/C14H22N2O3/c1-10-7-12(18-3)13(19-4)8-11(10)9-16(2)14(17)5-6-15/h7-8H,5-6,9,15H2,1-4H3. The third-order valence-electron chi connectivity index (χ3n) is 3.03. The summed E-state index contributed by atoms with van der Waals surface area (Å²) in [5.41, 5.74) is 7.48. The van der Waals surface area contributed by atoms with E-state index in [-0.39, 0.29) is 5.91 Å². The van der Waals surface area contributed by atoms with Crippen LogP contribution in [0.3, 0.4) is 0 Å². The van der Waals surface area contributed by atoms with Gasteiger partial charge < -0.3 is 20.1 Å². The summed E-state index contributed by atoms with van der Waals surface area (Å²) >= 11 is 0. The lowest BCUT2D eigenvalue weighted by Crippen LogP contribution is -2.28. The van der Waals surface area contributed by atoms with Crippen LogP contribution in [0.5, 0.6) is 11.5 Å². The van der Waals surface area contributed by atoms with Gasteiger partial charge in [-0.3, -0.25) is 4.79 Å². The van der Waals surface area contributed by atoms with Crippen LogP contribution in [0.25, 0.3) is 0 Å². The molecule has 0 radical (unpaired) electrons. The van der Waals surface area contributed by atoms with Gasteiger partial charge in [-0.15, -0.1) is 0 Å². The number of benzene rings is 1. The van der Waals surface area contributed by atoms with E-state index < -0.39 is 0 Å². The molecule has 5 heteroatoms. The number of ether oxygens (including phenoxy) is 2. The lowest BCUT2D eigenvalue weighted by molar-refractivity contribution is -0.130. The molecule has 0 aromatic heterocycles. The van der Waals surface area contributed by atoms with Crippen LogP contribution in [0.15, 0.2) is 12.1 Å². The van der Waals surface area contributed by atoms with Gasteiger partial charge in [-0.2, -0.15) is 0 Å². The van der Waals surface area contributed by atoms with E-state index in [1.54, 1.807) is 26.2 Å². The summed E-state index contributed by atoms with van der Waals surface area (Å²) in [6.45, 7) is 2.89. The zero-order valence-corrected chi connectivity index (χ0v) is 12.0. The first kappa shape index (κ1) is 15.3. The molecule has 1 aromatic carbocycles. The van der Waals surface area contributed by atoms with Crippen molar-refractivity contribution in [2.75, 3.05) is 27.8 Å². The van der Waals surface area contributed by atoms with E-state index in [9.17, 15) is 4.79 Å². The second kappa shape index (κ2) is 6.99.